The monoisotopic (exact) mass is 272 g/mol. The standard InChI is InChI=1S/C19H28O/c1-11(2)18-13(4)19(5,6)17-7-14-10-20-9-12(3)15(14)8-16(17)18/h7-8,11-13,18H,9-10H2,1-6H3. The second-order valence-electron chi connectivity index (χ2n) is 7.83. The maximum absolute atomic E-state index is 5.74. The Morgan fingerprint density at radius 3 is 2.50 bits per heavy atom. The third-order valence-corrected chi connectivity index (χ3v) is 5.92. The van der Waals surface area contributed by atoms with E-state index in [4.69, 9.17) is 4.74 Å². The molecule has 1 heterocycles. The van der Waals surface area contributed by atoms with Crippen LogP contribution in [0.2, 0.25) is 0 Å². The zero-order chi connectivity index (χ0) is 14.7. The van der Waals surface area contributed by atoms with E-state index in [0.717, 1.165) is 13.2 Å². The van der Waals surface area contributed by atoms with Crippen molar-refractivity contribution in [3.63, 3.8) is 0 Å². The number of hydrogen-bond acceptors (Lipinski definition) is 1. The lowest BCUT2D eigenvalue weighted by Gasteiger charge is -2.30. The van der Waals surface area contributed by atoms with Crippen LogP contribution >= 0.6 is 0 Å². The molecule has 0 saturated heterocycles. The number of benzene rings is 1. The van der Waals surface area contributed by atoms with Crippen LogP contribution in [0.4, 0.5) is 0 Å². The van der Waals surface area contributed by atoms with Gasteiger partial charge in [0.2, 0.25) is 0 Å². The fourth-order valence-electron chi connectivity index (χ4n) is 4.43. The summed E-state index contributed by atoms with van der Waals surface area (Å²) in [4.78, 5) is 0. The first-order chi connectivity index (χ1) is 9.34. The lowest BCUT2D eigenvalue weighted by atomic mass is 9.74. The van der Waals surface area contributed by atoms with Crippen molar-refractivity contribution in [3.05, 3.63) is 34.4 Å². The van der Waals surface area contributed by atoms with E-state index in [9.17, 15) is 0 Å². The molecule has 0 fully saturated rings. The number of rotatable bonds is 1. The molecule has 0 radical (unpaired) electrons. The summed E-state index contributed by atoms with van der Waals surface area (Å²) in [5.74, 6) is 2.65. The Morgan fingerprint density at radius 2 is 1.85 bits per heavy atom. The Bertz CT molecular complexity index is 527. The number of ether oxygens (including phenoxy) is 1. The molecule has 1 nitrogen and oxygen atoms in total. The van der Waals surface area contributed by atoms with E-state index in [-0.39, 0.29) is 5.41 Å². The van der Waals surface area contributed by atoms with E-state index < -0.39 is 0 Å². The Kier molecular flexibility index (Phi) is 3.25. The quantitative estimate of drug-likeness (QED) is 0.700. The molecule has 0 N–H and O–H groups in total. The van der Waals surface area contributed by atoms with Crippen LogP contribution in [0.25, 0.3) is 0 Å². The third kappa shape index (κ3) is 1.86. The molecule has 3 unspecified atom stereocenters. The SMILES string of the molecule is CC1COCc2cc3c(cc21)C(C(C)C)C(C)C3(C)C. The van der Waals surface area contributed by atoms with Gasteiger partial charge in [-0.3, -0.25) is 0 Å². The summed E-state index contributed by atoms with van der Waals surface area (Å²) in [7, 11) is 0. The second kappa shape index (κ2) is 4.59. The molecule has 0 spiro atoms. The molecule has 0 bridgehead atoms. The topological polar surface area (TPSA) is 9.23 Å². The van der Waals surface area contributed by atoms with Crippen molar-refractivity contribution >= 4 is 0 Å². The van der Waals surface area contributed by atoms with Crippen LogP contribution in [0, 0.1) is 11.8 Å². The van der Waals surface area contributed by atoms with Crippen molar-refractivity contribution in [2.45, 2.75) is 65.4 Å². The summed E-state index contributed by atoms with van der Waals surface area (Å²) in [5.41, 5.74) is 6.42. The molecule has 3 rings (SSSR count). The summed E-state index contributed by atoms with van der Waals surface area (Å²) >= 11 is 0. The Labute approximate surface area is 123 Å². The van der Waals surface area contributed by atoms with Gasteiger partial charge in [-0.2, -0.15) is 0 Å². The highest BCUT2D eigenvalue weighted by Gasteiger charge is 2.45. The van der Waals surface area contributed by atoms with Crippen LogP contribution in [-0.4, -0.2) is 6.61 Å². The maximum Gasteiger partial charge on any atom is 0.0720 e. The number of hydrogen-bond donors (Lipinski definition) is 0. The van der Waals surface area contributed by atoms with E-state index in [1.54, 1.807) is 11.1 Å². The molecular formula is C19H28O. The van der Waals surface area contributed by atoms with Gasteiger partial charge in [-0.25, -0.2) is 0 Å². The van der Waals surface area contributed by atoms with Gasteiger partial charge in [-0.1, -0.05) is 53.7 Å². The first-order valence-electron chi connectivity index (χ1n) is 8.09. The number of fused-ring (bicyclic) bond motifs is 2. The molecule has 20 heavy (non-hydrogen) atoms. The Hall–Kier alpha value is -0.820. The zero-order valence-electron chi connectivity index (χ0n) is 13.8. The van der Waals surface area contributed by atoms with Crippen LogP contribution in [0.1, 0.15) is 75.6 Å². The molecule has 2 aliphatic rings. The van der Waals surface area contributed by atoms with Crippen molar-refractivity contribution < 1.29 is 4.74 Å². The molecule has 1 aliphatic carbocycles. The molecule has 1 aliphatic heterocycles. The normalized spacial score (nSPS) is 31.2. The van der Waals surface area contributed by atoms with Crippen molar-refractivity contribution in [2.75, 3.05) is 6.61 Å². The van der Waals surface area contributed by atoms with Gasteiger partial charge in [-0.15, -0.1) is 0 Å². The van der Waals surface area contributed by atoms with Gasteiger partial charge < -0.3 is 4.74 Å². The Balaban J connectivity index is 2.19. The van der Waals surface area contributed by atoms with Crippen LogP contribution < -0.4 is 0 Å². The Morgan fingerprint density at radius 1 is 1.15 bits per heavy atom. The molecule has 110 valence electrons. The minimum atomic E-state index is 0.278. The van der Waals surface area contributed by atoms with Crippen LogP contribution in [0.5, 0.6) is 0 Å². The smallest absolute Gasteiger partial charge is 0.0720 e. The van der Waals surface area contributed by atoms with Crippen molar-refractivity contribution in [3.8, 4) is 0 Å². The summed E-state index contributed by atoms with van der Waals surface area (Å²) in [5, 5.41) is 0. The molecular weight excluding hydrogens is 244 g/mol. The van der Waals surface area contributed by atoms with E-state index in [1.165, 1.54) is 11.1 Å². The van der Waals surface area contributed by atoms with Crippen LogP contribution in [0.15, 0.2) is 12.1 Å². The first-order valence-corrected chi connectivity index (χ1v) is 8.09. The van der Waals surface area contributed by atoms with Gasteiger partial charge in [0.1, 0.15) is 0 Å². The van der Waals surface area contributed by atoms with E-state index in [1.807, 2.05) is 0 Å². The molecule has 0 saturated carbocycles. The second-order valence-corrected chi connectivity index (χ2v) is 7.83. The summed E-state index contributed by atoms with van der Waals surface area (Å²) < 4.78 is 5.74. The highest BCUT2D eigenvalue weighted by atomic mass is 16.5. The molecule has 1 heteroatoms. The minimum absolute atomic E-state index is 0.278. The molecule has 0 aromatic heterocycles. The fourth-order valence-corrected chi connectivity index (χ4v) is 4.43. The lowest BCUT2D eigenvalue weighted by molar-refractivity contribution is 0.0949. The van der Waals surface area contributed by atoms with E-state index in [0.29, 0.717) is 23.7 Å². The van der Waals surface area contributed by atoms with Gasteiger partial charge in [0.15, 0.2) is 0 Å². The van der Waals surface area contributed by atoms with E-state index >= 15 is 0 Å². The highest BCUT2D eigenvalue weighted by molar-refractivity contribution is 5.50. The average molecular weight is 272 g/mol. The van der Waals surface area contributed by atoms with E-state index in [2.05, 4.69) is 53.7 Å². The lowest BCUT2D eigenvalue weighted by Crippen LogP contribution is -2.25. The van der Waals surface area contributed by atoms with Crippen molar-refractivity contribution in [1.29, 1.82) is 0 Å². The third-order valence-electron chi connectivity index (χ3n) is 5.92. The predicted octanol–water partition coefficient (Wildman–Crippen LogP) is 4.99. The molecule has 1 aromatic rings. The summed E-state index contributed by atoms with van der Waals surface area (Å²) in [6.45, 7) is 16.0. The molecule has 0 amide bonds. The summed E-state index contributed by atoms with van der Waals surface area (Å²) in [6.07, 6.45) is 0. The van der Waals surface area contributed by atoms with Gasteiger partial charge in [-0.05, 0) is 45.4 Å². The van der Waals surface area contributed by atoms with Gasteiger partial charge >= 0.3 is 0 Å². The van der Waals surface area contributed by atoms with Gasteiger partial charge in [0.25, 0.3) is 0 Å². The molecule has 1 aromatic carbocycles. The van der Waals surface area contributed by atoms with Crippen molar-refractivity contribution in [2.24, 2.45) is 11.8 Å². The highest BCUT2D eigenvalue weighted by Crippen LogP contribution is 2.54. The van der Waals surface area contributed by atoms with Crippen LogP contribution in [-0.2, 0) is 16.8 Å². The average Bonchev–Trinajstić information content (AvgIpc) is 2.57. The maximum atomic E-state index is 5.74. The summed E-state index contributed by atoms with van der Waals surface area (Å²) in [6, 6.07) is 4.98. The largest absolute Gasteiger partial charge is 0.376 e. The first kappa shape index (κ1) is 14.1. The predicted molar refractivity (Wildman–Crippen MR) is 84.3 cm³/mol. The van der Waals surface area contributed by atoms with Gasteiger partial charge in [0.05, 0.1) is 13.2 Å². The zero-order valence-corrected chi connectivity index (χ0v) is 13.8. The molecule has 3 atom stereocenters. The fraction of sp³-hybridized carbons (Fsp3) is 0.684. The van der Waals surface area contributed by atoms with Crippen molar-refractivity contribution in [1.82, 2.24) is 0 Å². The van der Waals surface area contributed by atoms with Crippen LogP contribution in [0.3, 0.4) is 0 Å². The minimum Gasteiger partial charge on any atom is -0.376 e. The van der Waals surface area contributed by atoms with Gasteiger partial charge in [0, 0.05) is 5.92 Å².